The zero-order valence-electron chi connectivity index (χ0n) is 18.2. The van der Waals surface area contributed by atoms with E-state index in [1.807, 2.05) is 30.6 Å². The van der Waals surface area contributed by atoms with E-state index >= 15 is 0 Å². The van der Waals surface area contributed by atoms with Crippen molar-refractivity contribution in [1.82, 2.24) is 24.8 Å². The molecule has 1 aliphatic rings. The Morgan fingerprint density at radius 2 is 1.91 bits per heavy atom. The summed E-state index contributed by atoms with van der Waals surface area (Å²) < 4.78 is 0. The smallest absolute Gasteiger partial charge is 0.169 e. The monoisotopic (exact) mass is 444 g/mol. The lowest BCUT2D eigenvalue weighted by Gasteiger charge is -2.33. The summed E-state index contributed by atoms with van der Waals surface area (Å²) in [6.07, 6.45) is 5.52. The van der Waals surface area contributed by atoms with Crippen LogP contribution in [0.1, 0.15) is 21.7 Å². The molecule has 7 nitrogen and oxygen atoms in total. The Kier molecular flexibility index (Phi) is 5.63. The number of aryl methyl sites for hydroxylation is 1. The lowest BCUT2D eigenvalue weighted by molar-refractivity contribution is 0.0992. The van der Waals surface area contributed by atoms with E-state index in [2.05, 4.69) is 42.8 Å². The van der Waals surface area contributed by atoms with Crippen molar-refractivity contribution in [2.75, 3.05) is 38.1 Å². The van der Waals surface area contributed by atoms with Gasteiger partial charge in [-0.2, -0.15) is 0 Å². The minimum atomic E-state index is 0.0364. The second kappa shape index (κ2) is 8.72. The fourth-order valence-corrected chi connectivity index (χ4v) is 4.62. The first-order chi connectivity index (χ1) is 15.5. The summed E-state index contributed by atoms with van der Waals surface area (Å²) >= 11 is 1.60. The fourth-order valence-electron chi connectivity index (χ4n) is 3.84. The predicted molar refractivity (Wildman–Crippen MR) is 127 cm³/mol. The van der Waals surface area contributed by atoms with Gasteiger partial charge in [0.1, 0.15) is 10.8 Å². The number of thiazole rings is 1. The van der Waals surface area contributed by atoms with Gasteiger partial charge in [-0.3, -0.25) is 14.8 Å². The van der Waals surface area contributed by atoms with Crippen molar-refractivity contribution in [3.63, 3.8) is 0 Å². The zero-order chi connectivity index (χ0) is 22.1. The molecule has 1 aliphatic heterocycles. The molecule has 0 N–H and O–H groups in total. The van der Waals surface area contributed by atoms with Crippen LogP contribution in [0.15, 0.2) is 48.2 Å². The molecule has 162 valence electrons. The number of rotatable bonds is 5. The molecule has 5 heterocycles. The third-order valence-corrected chi connectivity index (χ3v) is 6.74. The molecule has 32 heavy (non-hydrogen) atoms. The lowest BCUT2D eigenvalue weighted by Crippen LogP contribution is -2.44. The van der Waals surface area contributed by atoms with Crippen molar-refractivity contribution in [3.8, 4) is 10.6 Å². The molecule has 0 unspecified atom stereocenters. The molecule has 1 fully saturated rings. The Balaban J connectivity index is 1.36. The second-order valence-corrected chi connectivity index (χ2v) is 9.04. The van der Waals surface area contributed by atoms with E-state index in [4.69, 9.17) is 0 Å². The summed E-state index contributed by atoms with van der Waals surface area (Å²) in [6.45, 7) is 5.81. The maximum Gasteiger partial charge on any atom is 0.169 e. The topological polar surface area (TPSA) is 75.1 Å². The van der Waals surface area contributed by atoms with Gasteiger partial charge >= 0.3 is 0 Å². The number of nitrogens with zero attached hydrogens (tertiary/aromatic N) is 6. The van der Waals surface area contributed by atoms with E-state index in [1.54, 1.807) is 29.8 Å². The van der Waals surface area contributed by atoms with Gasteiger partial charge in [0.25, 0.3) is 0 Å². The van der Waals surface area contributed by atoms with Crippen LogP contribution in [0.25, 0.3) is 21.5 Å². The minimum Gasteiger partial charge on any atom is -0.354 e. The van der Waals surface area contributed by atoms with Crippen molar-refractivity contribution in [1.29, 1.82) is 0 Å². The number of piperazine rings is 1. The van der Waals surface area contributed by atoms with E-state index in [0.717, 1.165) is 64.9 Å². The van der Waals surface area contributed by atoms with Crippen LogP contribution in [-0.4, -0.2) is 63.8 Å². The number of carbonyl (C=O) groups is 1. The number of fused-ring (bicyclic) bond motifs is 1. The number of carbonyl (C=O) groups excluding carboxylic acids is 1. The van der Waals surface area contributed by atoms with Crippen molar-refractivity contribution < 1.29 is 4.79 Å². The Morgan fingerprint density at radius 3 is 2.69 bits per heavy atom. The molecule has 4 aromatic rings. The largest absolute Gasteiger partial charge is 0.354 e. The standard InChI is InChI=1S/C24H24N6OS/c1-16-15-32-24(28-16)19-9-18-10-20(26-14-21(18)27-13-19)12-22(31)17-3-4-25-23(11-17)30-7-5-29(2)6-8-30/h3-4,9-11,13-15H,5-8,12H2,1-2H3. The second-order valence-electron chi connectivity index (χ2n) is 8.18. The van der Waals surface area contributed by atoms with Crippen LogP contribution in [0, 0.1) is 6.92 Å². The summed E-state index contributed by atoms with van der Waals surface area (Å²) in [5.41, 5.74) is 4.18. The number of ketones is 1. The fraction of sp³-hybridized carbons (Fsp3) is 0.292. The van der Waals surface area contributed by atoms with E-state index in [9.17, 15) is 4.79 Å². The molecule has 0 bridgehead atoms. The number of aromatic nitrogens is 4. The summed E-state index contributed by atoms with van der Waals surface area (Å²) in [5.74, 6) is 0.900. The third kappa shape index (κ3) is 4.37. The average molecular weight is 445 g/mol. The molecule has 0 aliphatic carbocycles. The quantitative estimate of drug-likeness (QED) is 0.435. The van der Waals surface area contributed by atoms with E-state index in [1.165, 1.54) is 0 Å². The SMILES string of the molecule is Cc1csc(-c2cnc3cnc(CC(=O)c4ccnc(N5CCN(C)CC5)c4)cc3c2)n1. The molecule has 0 spiro atoms. The van der Waals surface area contributed by atoms with Crippen LogP contribution >= 0.6 is 11.3 Å². The van der Waals surface area contributed by atoms with Crippen LogP contribution in [-0.2, 0) is 6.42 Å². The van der Waals surface area contributed by atoms with Crippen LogP contribution in [0.2, 0.25) is 0 Å². The van der Waals surface area contributed by atoms with Gasteiger partial charge in [0.2, 0.25) is 0 Å². The maximum absolute atomic E-state index is 13.0. The molecule has 0 aromatic carbocycles. The van der Waals surface area contributed by atoms with Crippen molar-refractivity contribution in [2.24, 2.45) is 0 Å². The summed E-state index contributed by atoms with van der Waals surface area (Å²) in [4.78, 5) is 35.6. The first kappa shape index (κ1) is 20.7. The highest BCUT2D eigenvalue weighted by atomic mass is 32.1. The van der Waals surface area contributed by atoms with Gasteiger partial charge in [0.15, 0.2) is 5.78 Å². The van der Waals surface area contributed by atoms with Gasteiger partial charge in [-0.05, 0) is 38.2 Å². The van der Waals surface area contributed by atoms with Gasteiger partial charge in [0.05, 0.1) is 18.1 Å². The number of likely N-dealkylation sites (N-methyl/N-ethyl adjacent to an activating group) is 1. The number of Topliss-reactive ketones (excluding diaryl/α,β-unsaturated/α-hetero) is 1. The molecule has 0 atom stereocenters. The molecule has 8 heteroatoms. The van der Waals surface area contributed by atoms with Crippen LogP contribution < -0.4 is 4.90 Å². The van der Waals surface area contributed by atoms with Crippen molar-refractivity contribution >= 4 is 33.8 Å². The molecular weight excluding hydrogens is 420 g/mol. The Bertz CT molecular complexity index is 1280. The number of pyridine rings is 3. The zero-order valence-corrected chi connectivity index (χ0v) is 19.0. The number of hydrogen-bond donors (Lipinski definition) is 0. The van der Waals surface area contributed by atoms with Crippen molar-refractivity contribution in [3.05, 3.63) is 65.2 Å². The van der Waals surface area contributed by atoms with Gasteiger partial charge in [-0.15, -0.1) is 11.3 Å². The maximum atomic E-state index is 13.0. The highest BCUT2D eigenvalue weighted by Gasteiger charge is 2.17. The highest BCUT2D eigenvalue weighted by molar-refractivity contribution is 7.13. The Labute approximate surface area is 190 Å². The number of hydrogen-bond acceptors (Lipinski definition) is 8. The molecule has 0 radical (unpaired) electrons. The molecule has 1 saturated heterocycles. The summed E-state index contributed by atoms with van der Waals surface area (Å²) in [5, 5.41) is 3.93. The Hall–Kier alpha value is -3.23. The van der Waals surface area contributed by atoms with Gasteiger partial charge in [-0.25, -0.2) is 9.97 Å². The molecule has 0 saturated carbocycles. The minimum absolute atomic E-state index is 0.0364. The van der Waals surface area contributed by atoms with Gasteiger partial charge < -0.3 is 9.80 Å². The van der Waals surface area contributed by atoms with Crippen LogP contribution in [0.3, 0.4) is 0 Å². The molecule has 5 rings (SSSR count). The lowest BCUT2D eigenvalue weighted by atomic mass is 10.1. The molecular formula is C24H24N6OS. The molecule has 4 aromatic heterocycles. The number of anilines is 1. The Morgan fingerprint density at radius 1 is 1.06 bits per heavy atom. The predicted octanol–water partition coefficient (Wildman–Crippen LogP) is 3.63. The summed E-state index contributed by atoms with van der Waals surface area (Å²) in [7, 11) is 2.12. The normalized spacial score (nSPS) is 14.8. The van der Waals surface area contributed by atoms with Crippen LogP contribution in [0.5, 0.6) is 0 Å². The van der Waals surface area contributed by atoms with E-state index in [0.29, 0.717) is 5.56 Å². The van der Waals surface area contributed by atoms with Gasteiger partial charge in [0, 0.05) is 71.9 Å². The average Bonchev–Trinajstić information content (AvgIpc) is 3.25. The molecule has 0 amide bonds. The van der Waals surface area contributed by atoms with Crippen LogP contribution in [0.4, 0.5) is 5.82 Å². The summed E-state index contributed by atoms with van der Waals surface area (Å²) in [6, 6.07) is 7.70. The third-order valence-electron chi connectivity index (χ3n) is 5.73. The van der Waals surface area contributed by atoms with E-state index in [-0.39, 0.29) is 12.2 Å². The van der Waals surface area contributed by atoms with Crippen molar-refractivity contribution in [2.45, 2.75) is 13.3 Å². The first-order valence-corrected chi connectivity index (χ1v) is 11.5. The highest BCUT2D eigenvalue weighted by Crippen LogP contribution is 2.26. The van der Waals surface area contributed by atoms with E-state index < -0.39 is 0 Å². The first-order valence-electron chi connectivity index (χ1n) is 10.6. The van der Waals surface area contributed by atoms with Gasteiger partial charge in [-0.1, -0.05) is 0 Å².